The van der Waals surface area contributed by atoms with E-state index in [4.69, 9.17) is 27.9 Å². The Labute approximate surface area is 131 Å². The number of hydrogen-bond donors (Lipinski definition) is 1. The molecule has 0 heterocycles. The number of carbonyl (C=O) groups excluding carboxylic acids is 1. The maximum atomic E-state index is 12.8. The molecule has 2 aromatic carbocycles. The first kappa shape index (κ1) is 15.6. The van der Waals surface area contributed by atoms with Crippen LogP contribution in [0.5, 0.6) is 5.75 Å². The molecule has 0 saturated carbocycles. The fourth-order valence-corrected chi connectivity index (χ4v) is 1.87. The zero-order chi connectivity index (χ0) is 15.4. The van der Waals surface area contributed by atoms with E-state index in [1.165, 1.54) is 30.3 Å². The Morgan fingerprint density at radius 1 is 1.14 bits per heavy atom. The summed E-state index contributed by atoms with van der Waals surface area (Å²) in [6, 6.07) is 10.2. The molecule has 0 bridgehead atoms. The Balaban J connectivity index is 1.98. The smallest absolute Gasteiger partial charge is 0.265 e. The van der Waals surface area contributed by atoms with E-state index < -0.39 is 6.10 Å². The Bertz CT molecular complexity index is 647. The molecule has 1 atom stereocenters. The van der Waals surface area contributed by atoms with Crippen molar-refractivity contribution in [2.45, 2.75) is 13.0 Å². The lowest BCUT2D eigenvalue weighted by molar-refractivity contribution is -0.122. The molecule has 2 rings (SSSR count). The van der Waals surface area contributed by atoms with Gasteiger partial charge in [0, 0.05) is 11.8 Å². The van der Waals surface area contributed by atoms with Crippen molar-refractivity contribution in [3.63, 3.8) is 0 Å². The third kappa shape index (κ3) is 4.34. The van der Waals surface area contributed by atoms with Crippen LogP contribution >= 0.6 is 23.2 Å². The van der Waals surface area contributed by atoms with E-state index >= 15 is 0 Å². The summed E-state index contributed by atoms with van der Waals surface area (Å²) >= 11 is 11.7. The van der Waals surface area contributed by atoms with Gasteiger partial charge in [-0.1, -0.05) is 23.2 Å². The van der Waals surface area contributed by atoms with E-state index in [9.17, 15) is 9.18 Å². The lowest BCUT2D eigenvalue weighted by Gasteiger charge is -2.15. The summed E-state index contributed by atoms with van der Waals surface area (Å²) in [7, 11) is 0. The molecule has 0 aliphatic carbocycles. The molecule has 0 aromatic heterocycles. The van der Waals surface area contributed by atoms with Crippen LogP contribution in [-0.2, 0) is 4.79 Å². The van der Waals surface area contributed by atoms with Gasteiger partial charge in [0.15, 0.2) is 6.10 Å². The van der Waals surface area contributed by atoms with Crippen molar-refractivity contribution in [1.29, 1.82) is 0 Å². The molecule has 0 aliphatic rings. The largest absolute Gasteiger partial charge is 0.481 e. The van der Waals surface area contributed by atoms with E-state index in [0.29, 0.717) is 21.5 Å². The minimum Gasteiger partial charge on any atom is -0.481 e. The molecular weight excluding hydrogens is 316 g/mol. The van der Waals surface area contributed by atoms with Crippen molar-refractivity contribution in [3.05, 3.63) is 58.3 Å². The summed E-state index contributed by atoms with van der Waals surface area (Å²) in [5.41, 5.74) is 0.492. The van der Waals surface area contributed by atoms with E-state index in [1.54, 1.807) is 19.1 Å². The van der Waals surface area contributed by atoms with Crippen LogP contribution in [0.4, 0.5) is 10.1 Å². The van der Waals surface area contributed by atoms with Crippen molar-refractivity contribution in [1.82, 2.24) is 0 Å². The zero-order valence-corrected chi connectivity index (χ0v) is 12.6. The van der Waals surface area contributed by atoms with Crippen LogP contribution < -0.4 is 10.1 Å². The Morgan fingerprint density at radius 2 is 1.81 bits per heavy atom. The average molecular weight is 328 g/mol. The van der Waals surface area contributed by atoms with Gasteiger partial charge in [-0.2, -0.15) is 0 Å². The summed E-state index contributed by atoms with van der Waals surface area (Å²) in [5.74, 6) is -0.285. The highest BCUT2D eigenvalue weighted by molar-refractivity contribution is 6.42. The number of hydrogen-bond acceptors (Lipinski definition) is 2. The predicted molar refractivity (Wildman–Crippen MR) is 81.6 cm³/mol. The van der Waals surface area contributed by atoms with Crippen LogP contribution in [-0.4, -0.2) is 12.0 Å². The standard InChI is InChI=1S/C15H12Cl2FNO2/c1-9(21-12-6-7-13(16)14(17)8-12)15(20)19-11-4-2-10(18)3-5-11/h2-9H,1H3,(H,19,20)/t9-/m0/s1. The predicted octanol–water partition coefficient (Wildman–Crippen LogP) is 4.54. The van der Waals surface area contributed by atoms with Gasteiger partial charge in [0.2, 0.25) is 0 Å². The molecule has 110 valence electrons. The number of benzene rings is 2. The average Bonchev–Trinajstić information content (AvgIpc) is 2.45. The van der Waals surface area contributed by atoms with Crippen molar-refractivity contribution < 1.29 is 13.9 Å². The Hall–Kier alpha value is -1.78. The SMILES string of the molecule is C[C@H](Oc1ccc(Cl)c(Cl)c1)C(=O)Nc1ccc(F)cc1. The molecular formula is C15H12Cl2FNO2. The van der Waals surface area contributed by atoms with E-state index in [1.807, 2.05) is 0 Å². The van der Waals surface area contributed by atoms with Gasteiger partial charge in [-0.25, -0.2) is 4.39 Å². The number of rotatable bonds is 4. The number of anilines is 1. The van der Waals surface area contributed by atoms with Crippen molar-refractivity contribution in [2.24, 2.45) is 0 Å². The Kier molecular flexibility index (Phi) is 5.04. The van der Waals surface area contributed by atoms with Gasteiger partial charge < -0.3 is 10.1 Å². The molecule has 3 nitrogen and oxygen atoms in total. The highest BCUT2D eigenvalue weighted by atomic mass is 35.5. The molecule has 21 heavy (non-hydrogen) atoms. The van der Waals surface area contributed by atoms with Gasteiger partial charge >= 0.3 is 0 Å². The molecule has 6 heteroatoms. The fourth-order valence-electron chi connectivity index (χ4n) is 1.58. The minimum absolute atomic E-state index is 0.348. The van der Waals surface area contributed by atoms with Crippen LogP contribution in [0.15, 0.2) is 42.5 Å². The second-order valence-corrected chi connectivity index (χ2v) is 5.15. The first-order chi connectivity index (χ1) is 9.95. The fraction of sp³-hybridized carbons (Fsp3) is 0.133. The number of carbonyl (C=O) groups is 1. The number of nitrogens with one attached hydrogen (secondary N) is 1. The first-order valence-corrected chi connectivity index (χ1v) is 6.89. The van der Waals surface area contributed by atoms with Crippen LogP contribution in [0, 0.1) is 5.82 Å². The summed E-state index contributed by atoms with van der Waals surface area (Å²) in [4.78, 5) is 12.0. The minimum atomic E-state index is -0.743. The monoisotopic (exact) mass is 327 g/mol. The van der Waals surface area contributed by atoms with Crippen molar-refractivity contribution in [3.8, 4) is 5.75 Å². The highest BCUT2D eigenvalue weighted by Crippen LogP contribution is 2.26. The molecule has 0 saturated heterocycles. The second-order valence-electron chi connectivity index (χ2n) is 4.33. The molecule has 0 radical (unpaired) electrons. The summed E-state index contributed by atoms with van der Waals surface area (Å²) in [6.45, 7) is 1.60. The van der Waals surface area contributed by atoms with Gasteiger partial charge in [-0.05, 0) is 43.3 Å². The van der Waals surface area contributed by atoms with Crippen molar-refractivity contribution in [2.75, 3.05) is 5.32 Å². The number of halogens is 3. The van der Waals surface area contributed by atoms with Gasteiger partial charge in [-0.15, -0.1) is 0 Å². The molecule has 0 fully saturated rings. The van der Waals surface area contributed by atoms with E-state index in [0.717, 1.165) is 0 Å². The maximum Gasteiger partial charge on any atom is 0.265 e. The normalized spacial score (nSPS) is 11.8. The van der Waals surface area contributed by atoms with Crippen molar-refractivity contribution >= 4 is 34.8 Å². The van der Waals surface area contributed by atoms with Crippen LogP contribution in [0.1, 0.15) is 6.92 Å². The summed E-state index contributed by atoms with van der Waals surface area (Å²) in [5, 5.41) is 3.38. The Morgan fingerprint density at radius 3 is 2.43 bits per heavy atom. The van der Waals surface area contributed by atoms with Gasteiger partial charge in [0.05, 0.1) is 10.0 Å². The molecule has 2 aromatic rings. The zero-order valence-electron chi connectivity index (χ0n) is 11.1. The third-order valence-corrected chi connectivity index (χ3v) is 3.42. The van der Waals surface area contributed by atoms with Crippen LogP contribution in [0.3, 0.4) is 0 Å². The topological polar surface area (TPSA) is 38.3 Å². The molecule has 0 aliphatic heterocycles. The molecule has 0 unspecified atom stereocenters. The second kappa shape index (κ2) is 6.78. The molecule has 1 amide bonds. The lowest BCUT2D eigenvalue weighted by Crippen LogP contribution is -2.30. The van der Waals surface area contributed by atoms with Gasteiger partial charge in [0.1, 0.15) is 11.6 Å². The number of amides is 1. The third-order valence-electron chi connectivity index (χ3n) is 2.68. The number of ether oxygens (including phenoxy) is 1. The lowest BCUT2D eigenvalue weighted by atomic mass is 10.3. The summed E-state index contributed by atoms with van der Waals surface area (Å²) in [6.07, 6.45) is -0.743. The van der Waals surface area contributed by atoms with Gasteiger partial charge in [0.25, 0.3) is 5.91 Å². The quantitative estimate of drug-likeness (QED) is 0.895. The molecule has 0 spiro atoms. The maximum absolute atomic E-state index is 12.8. The van der Waals surface area contributed by atoms with Gasteiger partial charge in [-0.3, -0.25) is 4.79 Å². The van der Waals surface area contributed by atoms with Crippen LogP contribution in [0.2, 0.25) is 10.0 Å². The first-order valence-electron chi connectivity index (χ1n) is 6.14. The molecule has 1 N–H and O–H groups in total. The van der Waals surface area contributed by atoms with E-state index in [-0.39, 0.29) is 11.7 Å². The van der Waals surface area contributed by atoms with E-state index in [2.05, 4.69) is 5.32 Å². The van der Waals surface area contributed by atoms with Crippen LogP contribution in [0.25, 0.3) is 0 Å². The summed E-state index contributed by atoms with van der Waals surface area (Å²) < 4.78 is 18.3. The highest BCUT2D eigenvalue weighted by Gasteiger charge is 2.15.